The van der Waals surface area contributed by atoms with Crippen LogP contribution in [0.3, 0.4) is 0 Å². The van der Waals surface area contributed by atoms with Crippen LogP contribution in [-0.4, -0.2) is 16.0 Å². The number of carbonyl (C=O) groups is 1. The van der Waals surface area contributed by atoms with Crippen molar-refractivity contribution in [1.29, 1.82) is 0 Å². The summed E-state index contributed by atoms with van der Waals surface area (Å²) >= 11 is 6.95. The zero-order valence-corrected chi connectivity index (χ0v) is 17.7. The van der Waals surface area contributed by atoms with Crippen LogP contribution in [0.25, 0.3) is 20.8 Å². The summed E-state index contributed by atoms with van der Waals surface area (Å²) in [6, 6.07) is 21.5. The van der Waals surface area contributed by atoms with Crippen molar-refractivity contribution in [3.63, 3.8) is 0 Å². The van der Waals surface area contributed by atoms with Crippen LogP contribution in [0.1, 0.15) is 21.5 Å². The summed E-state index contributed by atoms with van der Waals surface area (Å²) in [4.78, 5) is 17.0. The number of fused-ring (bicyclic) bond motifs is 1. The van der Waals surface area contributed by atoms with Crippen LogP contribution in [-0.2, 0) is 0 Å². The largest absolute Gasteiger partial charge is 0.332 e. The standard InChI is InChI=1S/C23H19N3OS2/c1-14-4-3-5-17(12-14)21(27)26-23(28)24-18-9-7-16(8-10-18)22-25-19-11-6-15(2)13-20(19)29-22/h3-13H,1-2H3,(H2,24,26,27,28). The van der Waals surface area contributed by atoms with Crippen molar-refractivity contribution < 1.29 is 4.79 Å². The number of hydrogen-bond acceptors (Lipinski definition) is 4. The third-order valence-electron chi connectivity index (χ3n) is 4.44. The van der Waals surface area contributed by atoms with Gasteiger partial charge in [-0.05, 0) is 80.2 Å². The SMILES string of the molecule is Cc1cccc(C(=O)NC(=S)Nc2ccc(-c3nc4ccc(C)cc4s3)cc2)c1. The molecule has 0 fully saturated rings. The van der Waals surface area contributed by atoms with Crippen molar-refractivity contribution in [1.82, 2.24) is 10.3 Å². The molecule has 144 valence electrons. The van der Waals surface area contributed by atoms with E-state index in [1.807, 2.05) is 49.4 Å². The Bertz CT molecular complexity index is 1210. The molecule has 3 aromatic carbocycles. The summed E-state index contributed by atoms with van der Waals surface area (Å²) in [6.45, 7) is 4.03. The molecular weight excluding hydrogens is 398 g/mol. The second-order valence-corrected chi connectivity index (χ2v) is 8.28. The first-order valence-electron chi connectivity index (χ1n) is 9.14. The summed E-state index contributed by atoms with van der Waals surface area (Å²) in [5, 5.41) is 7.01. The third kappa shape index (κ3) is 4.50. The number of rotatable bonds is 3. The van der Waals surface area contributed by atoms with Crippen molar-refractivity contribution >= 4 is 50.5 Å². The number of benzene rings is 3. The average molecular weight is 418 g/mol. The second kappa shape index (κ2) is 8.11. The van der Waals surface area contributed by atoms with Gasteiger partial charge in [0, 0.05) is 16.8 Å². The fourth-order valence-corrected chi connectivity index (χ4v) is 4.26. The van der Waals surface area contributed by atoms with Gasteiger partial charge in [-0.2, -0.15) is 0 Å². The minimum absolute atomic E-state index is 0.229. The molecule has 0 atom stereocenters. The van der Waals surface area contributed by atoms with Crippen LogP contribution in [0.4, 0.5) is 5.69 Å². The van der Waals surface area contributed by atoms with Crippen LogP contribution < -0.4 is 10.6 Å². The maximum absolute atomic E-state index is 12.3. The van der Waals surface area contributed by atoms with Crippen LogP contribution >= 0.6 is 23.6 Å². The van der Waals surface area contributed by atoms with E-state index in [0.717, 1.165) is 27.3 Å². The molecule has 0 bridgehead atoms. The number of aryl methyl sites for hydroxylation is 2. The van der Waals surface area contributed by atoms with Crippen molar-refractivity contribution in [2.75, 3.05) is 5.32 Å². The van der Waals surface area contributed by atoms with E-state index < -0.39 is 0 Å². The van der Waals surface area contributed by atoms with Crippen LogP contribution in [0.5, 0.6) is 0 Å². The lowest BCUT2D eigenvalue weighted by Gasteiger charge is -2.10. The predicted molar refractivity (Wildman–Crippen MR) is 125 cm³/mol. The first-order valence-corrected chi connectivity index (χ1v) is 10.4. The molecule has 1 aromatic heterocycles. The lowest BCUT2D eigenvalue weighted by Crippen LogP contribution is -2.34. The average Bonchev–Trinajstić information content (AvgIpc) is 3.11. The van der Waals surface area contributed by atoms with E-state index in [2.05, 4.69) is 35.8 Å². The summed E-state index contributed by atoms with van der Waals surface area (Å²) in [6.07, 6.45) is 0. The molecule has 1 amide bonds. The van der Waals surface area contributed by atoms with Gasteiger partial charge in [0.15, 0.2) is 5.11 Å². The van der Waals surface area contributed by atoms with Crippen molar-refractivity contribution in [3.8, 4) is 10.6 Å². The maximum Gasteiger partial charge on any atom is 0.257 e. The van der Waals surface area contributed by atoms with E-state index in [1.54, 1.807) is 17.4 Å². The van der Waals surface area contributed by atoms with Gasteiger partial charge in [-0.3, -0.25) is 10.1 Å². The molecule has 29 heavy (non-hydrogen) atoms. The van der Waals surface area contributed by atoms with Gasteiger partial charge >= 0.3 is 0 Å². The summed E-state index contributed by atoms with van der Waals surface area (Å²) in [5.74, 6) is -0.229. The smallest absolute Gasteiger partial charge is 0.257 e. The summed E-state index contributed by atoms with van der Waals surface area (Å²) in [5.41, 5.74) is 5.70. The minimum Gasteiger partial charge on any atom is -0.332 e. The Morgan fingerprint density at radius 2 is 1.72 bits per heavy atom. The molecule has 4 nitrogen and oxygen atoms in total. The predicted octanol–water partition coefficient (Wildman–Crippen LogP) is 5.71. The Morgan fingerprint density at radius 3 is 2.48 bits per heavy atom. The normalized spacial score (nSPS) is 10.7. The van der Waals surface area contributed by atoms with Gasteiger partial charge < -0.3 is 5.32 Å². The van der Waals surface area contributed by atoms with Crippen molar-refractivity contribution in [2.45, 2.75) is 13.8 Å². The van der Waals surface area contributed by atoms with E-state index in [-0.39, 0.29) is 11.0 Å². The van der Waals surface area contributed by atoms with Gasteiger partial charge in [0.2, 0.25) is 0 Å². The molecule has 0 saturated heterocycles. The Balaban J connectivity index is 1.43. The van der Waals surface area contributed by atoms with E-state index in [9.17, 15) is 4.79 Å². The highest BCUT2D eigenvalue weighted by molar-refractivity contribution is 7.80. The number of anilines is 1. The molecule has 0 radical (unpaired) electrons. The van der Waals surface area contributed by atoms with E-state index in [0.29, 0.717) is 5.56 Å². The van der Waals surface area contributed by atoms with Gasteiger partial charge in [0.05, 0.1) is 10.2 Å². The monoisotopic (exact) mass is 417 g/mol. The number of aromatic nitrogens is 1. The van der Waals surface area contributed by atoms with Crippen LogP contribution in [0.2, 0.25) is 0 Å². The number of hydrogen-bond donors (Lipinski definition) is 2. The van der Waals surface area contributed by atoms with Gasteiger partial charge in [0.1, 0.15) is 5.01 Å². The topological polar surface area (TPSA) is 54.0 Å². The first-order chi connectivity index (χ1) is 14.0. The van der Waals surface area contributed by atoms with Crippen LogP contribution in [0.15, 0.2) is 66.7 Å². The van der Waals surface area contributed by atoms with Gasteiger partial charge in [-0.25, -0.2) is 4.98 Å². The quantitative estimate of drug-likeness (QED) is 0.420. The maximum atomic E-state index is 12.3. The molecule has 4 aromatic rings. The van der Waals surface area contributed by atoms with Crippen LogP contribution in [0, 0.1) is 13.8 Å². The molecular formula is C23H19N3OS2. The number of amides is 1. The zero-order chi connectivity index (χ0) is 20.4. The number of nitrogens with zero attached hydrogens (tertiary/aromatic N) is 1. The van der Waals surface area contributed by atoms with Gasteiger partial charge in [0.25, 0.3) is 5.91 Å². The van der Waals surface area contributed by atoms with E-state index in [4.69, 9.17) is 17.2 Å². The molecule has 0 aliphatic carbocycles. The molecule has 0 aliphatic rings. The third-order valence-corrected chi connectivity index (χ3v) is 5.71. The first kappa shape index (κ1) is 19.2. The molecule has 0 saturated carbocycles. The fourth-order valence-electron chi connectivity index (χ4n) is 2.98. The highest BCUT2D eigenvalue weighted by Crippen LogP contribution is 2.31. The molecule has 1 heterocycles. The lowest BCUT2D eigenvalue weighted by molar-refractivity contribution is 0.0977. The number of nitrogens with one attached hydrogen (secondary N) is 2. The number of thiocarbonyl (C=S) groups is 1. The van der Waals surface area contributed by atoms with Crippen molar-refractivity contribution in [3.05, 3.63) is 83.4 Å². The summed E-state index contributed by atoms with van der Waals surface area (Å²) < 4.78 is 1.18. The fraction of sp³-hybridized carbons (Fsp3) is 0.0870. The Kier molecular flexibility index (Phi) is 5.38. The van der Waals surface area contributed by atoms with E-state index in [1.165, 1.54) is 10.3 Å². The Hall–Kier alpha value is -3.09. The summed E-state index contributed by atoms with van der Waals surface area (Å²) in [7, 11) is 0. The Morgan fingerprint density at radius 1 is 0.966 bits per heavy atom. The molecule has 0 unspecified atom stereocenters. The molecule has 2 N–H and O–H groups in total. The molecule has 4 rings (SSSR count). The second-order valence-electron chi connectivity index (χ2n) is 6.85. The Labute approximate surface area is 178 Å². The highest BCUT2D eigenvalue weighted by atomic mass is 32.1. The van der Waals surface area contributed by atoms with Gasteiger partial charge in [-0.1, -0.05) is 23.8 Å². The molecule has 0 spiro atoms. The molecule has 6 heteroatoms. The lowest BCUT2D eigenvalue weighted by atomic mass is 10.1. The highest BCUT2D eigenvalue weighted by Gasteiger charge is 2.09. The van der Waals surface area contributed by atoms with E-state index >= 15 is 0 Å². The number of thiazole rings is 1. The van der Waals surface area contributed by atoms with Gasteiger partial charge in [-0.15, -0.1) is 11.3 Å². The van der Waals surface area contributed by atoms with Crippen molar-refractivity contribution in [2.24, 2.45) is 0 Å². The zero-order valence-electron chi connectivity index (χ0n) is 16.0. The molecule has 0 aliphatic heterocycles. The number of carbonyl (C=O) groups excluding carboxylic acids is 1. The minimum atomic E-state index is -0.229.